The predicted molar refractivity (Wildman–Crippen MR) is 129 cm³/mol. The van der Waals surface area contributed by atoms with Crippen molar-refractivity contribution < 1.29 is 13.5 Å². The van der Waals surface area contributed by atoms with E-state index in [1.807, 2.05) is 12.1 Å². The van der Waals surface area contributed by atoms with Gasteiger partial charge >= 0.3 is 0 Å². The minimum atomic E-state index is -0.905. The van der Waals surface area contributed by atoms with Crippen molar-refractivity contribution in [2.45, 2.75) is 83.5 Å². The first kappa shape index (κ1) is 23.3. The molecule has 3 heteroatoms. The Morgan fingerprint density at radius 1 is 0.969 bits per heavy atom. The van der Waals surface area contributed by atoms with Crippen LogP contribution in [0.2, 0.25) is 0 Å². The summed E-state index contributed by atoms with van der Waals surface area (Å²) in [7, 11) is 0. The highest BCUT2D eigenvalue weighted by Crippen LogP contribution is 2.48. The highest BCUT2D eigenvalue weighted by atomic mass is 19.2. The van der Waals surface area contributed by atoms with Crippen LogP contribution in [-0.2, 0) is 0 Å². The lowest BCUT2D eigenvalue weighted by Crippen LogP contribution is -2.30. The predicted octanol–water partition coefficient (Wildman–Crippen LogP) is 8.95. The van der Waals surface area contributed by atoms with E-state index in [1.54, 1.807) is 6.07 Å². The first-order chi connectivity index (χ1) is 15.6. The molecule has 0 N–H and O–H groups in total. The Labute approximate surface area is 192 Å². The molecule has 2 fully saturated rings. The zero-order valence-corrected chi connectivity index (χ0v) is 19.6. The van der Waals surface area contributed by atoms with Crippen LogP contribution in [0.25, 0.3) is 10.8 Å². The van der Waals surface area contributed by atoms with Gasteiger partial charge in [-0.2, -0.15) is 4.39 Å². The summed E-state index contributed by atoms with van der Waals surface area (Å²) in [5.41, 5.74) is 1.16. The third kappa shape index (κ3) is 5.18. The van der Waals surface area contributed by atoms with E-state index in [0.717, 1.165) is 23.3 Å². The summed E-state index contributed by atoms with van der Waals surface area (Å²) in [5.74, 6) is 1.30. The largest absolute Gasteiger partial charge is 0.486 e. The number of rotatable bonds is 9. The van der Waals surface area contributed by atoms with Crippen LogP contribution in [0.5, 0.6) is 5.75 Å². The first-order valence-corrected chi connectivity index (χ1v) is 12.8. The smallest absolute Gasteiger partial charge is 0.201 e. The highest BCUT2D eigenvalue weighted by molar-refractivity contribution is 5.85. The van der Waals surface area contributed by atoms with Gasteiger partial charge in [0.2, 0.25) is 5.82 Å². The average Bonchev–Trinajstić information content (AvgIpc) is 2.82. The summed E-state index contributed by atoms with van der Waals surface area (Å²) < 4.78 is 34.6. The van der Waals surface area contributed by atoms with Crippen molar-refractivity contribution in [1.29, 1.82) is 0 Å². The third-order valence-corrected chi connectivity index (χ3v) is 8.03. The van der Waals surface area contributed by atoms with Crippen molar-refractivity contribution in [2.24, 2.45) is 17.8 Å². The highest BCUT2D eigenvalue weighted by Gasteiger charge is 2.35. The van der Waals surface area contributed by atoms with E-state index in [1.165, 1.54) is 76.7 Å². The van der Waals surface area contributed by atoms with Gasteiger partial charge in [-0.05, 0) is 78.9 Å². The van der Waals surface area contributed by atoms with Crippen LogP contribution in [0.1, 0.15) is 89.0 Å². The molecule has 1 nitrogen and oxygen atoms in total. The molecule has 32 heavy (non-hydrogen) atoms. The second kappa shape index (κ2) is 10.8. The van der Waals surface area contributed by atoms with Gasteiger partial charge in [0.1, 0.15) is 6.61 Å². The van der Waals surface area contributed by atoms with Crippen LogP contribution in [0.15, 0.2) is 36.9 Å². The normalized spacial score (nSPS) is 25.5. The van der Waals surface area contributed by atoms with Crippen LogP contribution in [0.3, 0.4) is 0 Å². The van der Waals surface area contributed by atoms with Crippen LogP contribution in [-0.4, -0.2) is 6.61 Å². The molecule has 0 radical (unpaired) electrons. The van der Waals surface area contributed by atoms with Crippen molar-refractivity contribution in [3.63, 3.8) is 0 Å². The standard InChI is InChI=1S/C29H38F2O/c1-3-5-6-7-8-20-9-10-22-17-23(12-11-21(22)16-20)24-13-14-25-19-27(32-15-4-2)29(31)28(30)26(25)18-24/h4,13-14,18-23H,2-3,5-12,15-17H2,1H3/t20?,21-,22?,23-/m1/s1. The molecule has 0 saturated heterocycles. The lowest BCUT2D eigenvalue weighted by molar-refractivity contribution is 0.113. The molecule has 2 aromatic rings. The maximum absolute atomic E-state index is 14.8. The molecule has 4 rings (SSSR count). The number of hydrogen-bond donors (Lipinski definition) is 0. The summed E-state index contributed by atoms with van der Waals surface area (Å²) in [6.07, 6.45) is 16.2. The van der Waals surface area contributed by atoms with Crippen LogP contribution in [0, 0.1) is 29.4 Å². The number of hydrogen-bond acceptors (Lipinski definition) is 1. The lowest BCUT2D eigenvalue weighted by Gasteiger charge is -2.42. The SMILES string of the molecule is C=CCOc1cc2ccc([C@@H]3CC[C@@H]4CC(CCCCCC)CCC4C3)cc2c(F)c1F. The number of benzene rings is 2. The van der Waals surface area contributed by atoms with Gasteiger partial charge in [0.15, 0.2) is 11.6 Å². The Hall–Kier alpha value is -1.90. The van der Waals surface area contributed by atoms with Gasteiger partial charge in [-0.25, -0.2) is 4.39 Å². The molecule has 174 valence electrons. The Kier molecular flexibility index (Phi) is 7.86. The molecule has 0 spiro atoms. The van der Waals surface area contributed by atoms with Gasteiger partial charge in [0.25, 0.3) is 0 Å². The maximum atomic E-state index is 14.8. The lowest BCUT2D eigenvalue weighted by atomic mass is 9.63. The van der Waals surface area contributed by atoms with Crippen molar-refractivity contribution in [1.82, 2.24) is 0 Å². The topological polar surface area (TPSA) is 9.23 Å². The Bertz CT molecular complexity index is 921. The number of unbranched alkanes of at least 4 members (excludes halogenated alkanes) is 3. The van der Waals surface area contributed by atoms with Gasteiger partial charge in [-0.3, -0.25) is 0 Å². The fourth-order valence-electron chi connectivity index (χ4n) is 6.24. The molecule has 0 aliphatic heterocycles. The van der Waals surface area contributed by atoms with Gasteiger partial charge in [-0.15, -0.1) is 0 Å². The van der Waals surface area contributed by atoms with Crippen LogP contribution in [0.4, 0.5) is 8.78 Å². The van der Waals surface area contributed by atoms with E-state index < -0.39 is 11.6 Å². The number of ether oxygens (including phenoxy) is 1. The monoisotopic (exact) mass is 440 g/mol. The van der Waals surface area contributed by atoms with Crippen molar-refractivity contribution >= 4 is 10.8 Å². The van der Waals surface area contributed by atoms with Gasteiger partial charge in [0.05, 0.1) is 0 Å². The Morgan fingerprint density at radius 2 is 1.78 bits per heavy atom. The van der Waals surface area contributed by atoms with Crippen molar-refractivity contribution in [3.05, 3.63) is 54.1 Å². The van der Waals surface area contributed by atoms with E-state index in [-0.39, 0.29) is 12.4 Å². The molecule has 0 amide bonds. The Morgan fingerprint density at radius 3 is 2.59 bits per heavy atom. The quantitative estimate of drug-likeness (QED) is 0.279. The number of fused-ring (bicyclic) bond motifs is 2. The van der Waals surface area contributed by atoms with E-state index in [2.05, 4.69) is 19.6 Å². The summed E-state index contributed by atoms with van der Waals surface area (Å²) in [5, 5.41) is 1.05. The summed E-state index contributed by atoms with van der Waals surface area (Å²) in [6, 6.07) is 7.52. The Balaban J connectivity index is 1.41. The summed E-state index contributed by atoms with van der Waals surface area (Å²) >= 11 is 0. The molecule has 2 aliphatic rings. The maximum Gasteiger partial charge on any atom is 0.201 e. The van der Waals surface area contributed by atoms with E-state index >= 15 is 0 Å². The van der Waals surface area contributed by atoms with Crippen molar-refractivity contribution in [2.75, 3.05) is 6.61 Å². The second-order valence-corrected chi connectivity index (χ2v) is 10.1. The van der Waals surface area contributed by atoms with Crippen LogP contribution < -0.4 is 4.74 Å². The molecular formula is C29H38F2O. The summed E-state index contributed by atoms with van der Waals surface area (Å²) in [6.45, 7) is 6.00. The molecule has 0 bridgehead atoms. The van der Waals surface area contributed by atoms with Crippen LogP contribution >= 0.6 is 0 Å². The number of halogens is 2. The molecule has 2 aromatic carbocycles. The molecule has 2 saturated carbocycles. The van der Waals surface area contributed by atoms with Gasteiger partial charge in [0, 0.05) is 5.39 Å². The van der Waals surface area contributed by atoms with Gasteiger partial charge in [-0.1, -0.05) is 70.2 Å². The zero-order chi connectivity index (χ0) is 22.5. The summed E-state index contributed by atoms with van der Waals surface area (Å²) in [4.78, 5) is 0. The molecular weight excluding hydrogens is 402 g/mol. The van der Waals surface area contributed by atoms with Gasteiger partial charge < -0.3 is 4.74 Å². The van der Waals surface area contributed by atoms with Crippen molar-refractivity contribution in [3.8, 4) is 5.75 Å². The second-order valence-electron chi connectivity index (χ2n) is 10.1. The third-order valence-electron chi connectivity index (χ3n) is 8.03. The van der Waals surface area contributed by atoms with E-state index in [0.29, 0.717) is 16.7 Å². The minimum Gasteiger partial charge on any atom is -0.486 e. The molecule has 4 atom stereocenters. The zero-order valence-electron chi connectivity index (χ0n) is 19.6. The fourth-order valence-corrected chi connectivity index (χ4v) is 6.24. The molecule has 2 aliphatic carbocycles. The molecule has 0 aromatic heterocycles. The minimum absolute atomic E-state index is 0.0467. The van der Waals surface area contributed by atoms with E-state index in [4.69, 9.17) is 4.74 Å². The fraction of sp³-hybridized carbons (Fsp3) is 0.586. The molecule has 0 heterocycles. The van der Waals surface area contributed by atoms with E-state index in [9.17, 15) is 8.78 Å². The first-order valence-electron chi connectivity index (χ1n) is 12.8. The average molecular weight is 441 g/mol. The molecule has 2 unspecified atom stereocenters.